The molecule has 0 saturated carbocycles. The van der Waals surface area contributed by atoms with Crippen LogP contribution in [-0.2, 0) is 28.9 Å². The molecule has 1 aromatic carbocycles. The number of nitrogens with one attached hydrogen (secondary N) is 1. The molecule has 0 radical (unpaired) electrons. The Hall–Kier alpha value is -1.60. The molecule has 1 N–H and O–H groups in total. The third-order valence-electron chi connectivity index (χ3n) is 6.12. The smallest absolute Gasteiger partial charge is 0.341 e. The van der Waals surface area contributed by atoms with Crippen molar-refractivity contribution in [2.24, 2.45) is 5.92 Å². The van der Waals surface area contributed by atoms with Gasteiger partial charge in [0.05, 0.1) is 18.6 Å². The van der Waals surface area contributed by atoms with E-state index in [0.29, 0.717) is 33.7 Å². The monoisotopic (exact) mass is 480 g/mol. The summed E-state index contributed by atoms with van der Waals surface area (Å²) in [4.78, 5) is 29.0. The van der Waals surface area contributed by atoms with Crippen LogP contribution in [0.4, 0.5) is 5.00 Å². The summed E-state index contributed by atoms with van der Waals surface area (Å²) in [5.41, 5.74) is 2.49. The highest BCUT2D eigenvalue weighted by molar-refractivity contribution is 7.17. The van der Waals surface area contributed by atoms with E-state index in [9.17, 15) is 9.59 Å². The van der Waals surface area contributed by atoms with Crippen molar-refractivity contribution in [3.05, 3.63) is 49.8 Å². The Morgan fingerprint density at radius 1 is 1.19 bits per heavy atom. The number of ether oxygens (including phenoxy) is 1. The predicted octanol–water partition coefficient (Wildman–Crippen LogP) is 5.57. The van der Waals surface area contributed by atoms with E-state index < -0.39 is 0 Å². The van der Waals surface area contributed by atoms with E-state index in [4.69, 9.17) is 27.9 Å². The fourth-order valence-corrected chi connectivity index (χ4v) is 6.30. The van der Waals surface area contributed by atoms with E-state index in [1.54, 1.807) is 0 Å². The van der Waals surface area contributed by atoms with Crippen molar-refractivity contribution in [2.45, 2.75) is 45.1 Å². The minimum Gasteiger partial charge on any atom is -0.465 e. The maximum absolute atomic E-state index is 13.1. The summed E-state index contributed by atoms with van der Waals surface area (Å²) in [6.07, 6.45) is 5.73. The lowest BCUT2D eigenvalue weighted by molar-refractivity contribution is -0.121. The number of carbonyl (C=O) groups excluding carboxylic acids is 2. The number of piperidine rings is 1. The topological polar surface area (TPSA) is 58.6 Å². The number of aryl methyl sites for hydroxylation is 1. The maximum Gasteiger partial charge on any atom is 0.341 e. The number of benzene rings is 1. The van der Waals surface area contributed by atoms with Gasteiger partial charge in [0.2, 0.25) is 5.91 Å². The minimum absolute atomic E-state index is 0.0429. The summed E-state index contributed by atoms with van der Waals surface area (Å²) in [6.45, 7) is 2.14. The molecule has 1 saturated heterocycles. The van der Waals surface area contributed by atoms with Crippen molar-refractivity contribution in [2.75, 3.05) is 25.5 Å². The van der Waals surface area contributed by atoms with Gasteiger partial charge in [-0.3, -0.25) is 9.69 Å². The van der Waals surface area contributed by atoms with Crippen LogP contribution in [0.2, 0.25) is 10.0 Å². The fourth-order valence-electron chi connectivity index (χ4n) is 4.51. The summed E-state index contributed by atoms with van der Waals surface area (Å²) >= 11 is 14.2. The van der Waals surface area contributed by atoms with Crippen LogP contribution in [0.1, 0.15) is 52.0 Å². The van der Waals surface area contributed by atoms with Crippen molar-refractivity contribution < 1.29 is 14.3 Å². The Bertz CT molecular complexity index is 971. The zero-order valence-corrected chi connectivity index (χ0v) is 19.8. The average Bonchev–Trinajstić information content (AvgIpc) is 3.14. The van der Waals surface area contributed by atoms with E-state index in [1.807, 2.05) is 18.2 Å². The Kier molecular flexibility index (Phi) is 7.22. The number of likely N-dealkylation sites (tertiary alicyclic amines) is 1. The molecule has 8 heteroatoms. The summed E-state index contributed by atoms with van der Waals surface area (Å²) in [5, 5.41) is 4.98. The molecule has 0 spiro atoms. The number of nitrogens with zero attached hydrogens (tertiary/aromatic N) is 1. The molecule has 5 nitrogen and oxygen atoms in total. The van der Waals surface area contributed by atoms with E-state index in [-0.39, 0.29) is 17.8 Å². The largest absolute Gasteiger partial charge is 0.465 e. The van der Waals surface area contributed by atoms with E-state index in [1.165, 1.54) is 23.3 Å². The van der Waals surface area contributed by atoms with Crippen LogP contribution in [0.3, 0.4) is 0 Å². The summed E-state index contributed by atoms with van der Waals surface area (Å²) in [6, 6.07) is 5.51. The zero-order valence-electron chi connectivity index (χ0n) is 17.5. The molecule has 1 fully saturated rings. The summed E-state index contributed by atoms with van der Waals surface area (Å²) in [7, 11) is 1.39. The number of halogens is 2. The van der Waals surface area contributed by atoms with Gasteiger partial charge < -0.3 is 10.1 Å². The predicted molar refractivity (Wildman–Crippen MR) is 125 cm³/mol. The summed E-state index contributed by atoms with van der Waals surface area (Å²) < 4.78 is 5.02. The van der Waals surface area contributed by atoms with Crippen LogP contribution in [0.15, 0.2) is 18.2 Å². The van der Waals surface area contributed by atoms with Crippen molar-refractivity contribution in [1.29, 1.82) is 0 Å². The molecule has 1 atom stereocenters. The molecule has 1 aromatic heterocycles. The average molecular weight is 481 g/mol. The van der Waals surface area contributed by atoms with Gasteiger partial charge in [0.15, 0.2) is 0 Å². The Balaban J connectivity index is 1.48. The highest BCUT2D eigenvalue weighted by Gasteiger charge is 2.31. The lowest BCUT2D eigenvalue weighted by atomic mass is 9.95. The van der Waals surface area contributed by atoms with Crippen LogP contribution in [0.5, 0.6) is 0 Å². The molecular weight excluding hydrogens is 455 g/mol. The lowest BCUT2D eigenvalue weighted by Crippen LogP contribution is -2.40. The second kappa shape index (κ2) is 9.90. The summed E-state index contributed by atoms with van der Waals surface area (Å²) in [5.74, 6) is -0.563. The van der Waals surface area contributed by atoms with Crippen LogP contribution in [0, 0.1) is 5.92 Å². The molecule has 166 valence electrons. The Labute approximate surface area is 196 Å². The number of amides is 1. The number of anilines is 1. The van der Waals surface area contributed by atoms with Gasteiger partial charge in [0.25, 0.3) is 0 Å². The van der Waals surface area contributed by atoms with Gasteiger partial charge in [0, 0.05) is 33.6 Å². The standard InChI is InChI=1S/C23H26Cl2N2O3S/c1-30-23(29)20-15-7-2-3-10-19(15)31-22(20)26-21(28)14-6-5-11-27(12-14)13-16-17(24)8-4-9-18(16)25/h4,8-9,14H,2-3,5-7,10-13H2,1H3,(H,26,28). The number of hydrogen-bond donors (Lipinski definition) is 1. The second-order valence-electron chi connectivity index (χ2n) is 8.17. The number of carbonyl (C=O) groups is 2. The van der Waals surface area contributed by atoms with Gasteiger partial charge in [-0.25, -0.2) is 4.79 Å². The van der Waals surface area contributed by atoms with Crippen molar-refractivity contribution in [1.82, 2.24) is 4.90 Å². The highest BCUT2D eigenvalue weighted by atomic mass is 35.5. The molecule has 2 aromatic rings. The molecule has 1 amide bonds. The molecule has 0 bridgehead atoms. The van der Waals surface area contributed by atoms with Gasteiger partial charge in [-0.2, -0.15) is 0 Å². The number of thiophene rings is 1. The van der Waals surface area contributed by atoms with Crippen LogP contribution >= 0.6 is 34.5 Å². The van der Waals surface area contributed by atoms with Gasteiger partial charge in [-0.05, 0) is 62.8 Å². The van der Waals surface area contributed by atoms with Gasteiger partial charge >= 0.3 is 5.97 Å². The fraction of sp³-hybridized carbons (Fsp3) is 0.478. The molecule has 2 aliphatic rings. The van der Waals surface area contributed by atoms with Crippen molar-refractivity contribution in [3.63, 3.8) is 0 Å². The van der Waals surface area contributed by atoms with E-state index in [2.05, 4.69) is 10.2 Å². The first kappa shape index (κ1) is 22.6. The lowest BCUT2D eigenvalue weighted by Gasteiger charge is -2.32. The number of fused-ring (bicyclic) bond motifs is 1. The van der Waals surface area contributed by atoms with E-state index in [0.717, 1.165) is 56.2 Å². The van der Waals surface area contributed by atoms with E-state index >= 15 is 0 Å². The van der Waals surface area contributed by atoms with Crippen LogP contribution in [0.25, 0.3) is 0 Å². The number of methoxy groups -OCH3 is 1. The van der Waals surface area contributed by atoms with Crippen molar-refractivity contribution in [3.8, 4) is 0 Å². The Morgan fingerprint density at radius 3 is 2.68 bits per heavy atom. The van der Waals surface area contributed by atoms with Crippen LogP contribution < -0.4 is 5.32 Å². The van der Waals surface area contributed by atoms with Gasteiger partial charge in [0.1, 0.15) is 5.00 Å². The van der Waals surface area contributed by atoms with Gasteiger partial charge in [-0.1, -0.05) is 29.3 Å². The molecular formula is C23H26Cl2N2O3S. The molecule has 31 heavy (non-hydrogen) atoms. The molecule has 1 aliphatic carbocycles. The van der Waals surface area contributed by atoms with Crippen molar-refractivity contribution >= 4 is 51.4 Å². The van der Waals surface area contributed by atoms with Gasteiger partial charge in [-0.15, -0.1) is 11.3 Å². The molecule has 1 aliphatic heterocycles. The number of rotatable bonds is 5. The quantitative estimate of drug-likeness (QED) is 0.568. The number of esters is 1. The Morgan fingerprint density at radius 2 is 1.94 bits per heavy atom. The molecule has 1 unspecified atom stereocenters. The molecule has 2 heterocycles. The maximum atomic E-state index is 13.1. The highest BCUT2D eigenvalue weighted by Crippen LogP contribution is 2.39. The second-order valence-corrected chi connectivity index (χ2v) is 10.1. The van der Waals surface area contributed by atoms with Crippen LogP contribution in [-0.4, -0.2) is 37.0 Å². The first-order valence-electron chi connectivity index (χ1n) is 10.7. The minimum atomic E-state index is -0.367. The normalized spacial score (nSPS) is 19.0. The third-order valence-corrected chi connectivity index (χ3v) is 8.03. The first-order chi connectivity index (χ1) is 15.0. The SMILES string of the molecule is COC(=O)c1c(NC(=O)C2CCCN(Cc3c(Cl)cccc3Cl)C2)sc2c1CCCC2. The third kappa shape index (κ3) is 4.92. The number of hydrogen-bond acceptors (Lipinski definition) is 5. The molecule has 4 rings (SSSR count). The zero-order chi connectivity index (χ0) is 22.0. The first-order valence-corrected chi connectivity index (χ1v) is 12.2.